The van der Waals surface area contributed by atoms with Crippen molar-refractivity contribution in [1.29, 1.82) is 0 Å². The number of carbonyl (C=O) groups is 1. The predicted molar refractivity (Wildman–Crippen MR) is 64.6 cm³/mol. The van der Waals surface area contributed by atoms with E-state index in [2.05, 4.69) is 5.32 Å². The van der Waals surface area contributed by atoms with E-state index in [1.165, 1.54) is 12.1 Å². The second-order valence-electron chi connectivity index (χ2n) is 4.81. The maximum atomic E-state index is 13.7. The number of hydrogen-bond donors (Lipinski definition) is 1. The number of cyclic esters (lactones) is 1. The molecule has 1 N–H and O–H groups in total. The molecule has 18 heavy (non-hydrogen) atoms. The van der Waals surface area contributed by atoms with Gasteiger partial charge in [0.1, 0.15) is 18.2 Å². The van der Waals surface area contributed by atoms with Gasteiger partial charge in [-0.05, 0) is 6.07 Å². The lowest BCUT2D eigenvalue weighted by atomic mass is 9.80. The van der Waals surface area contributed by atoms with Crippen LogP contribution in [0.3, 0.4) is 0 Å². The Bertz CT molecular complexity index is 465. The zero-order chi connectivity index (χ0) is 12.6. The first kappa shape index (κ1) is 14.7. The summed E-state index contributed by atoms with van der Waals surface area (Å²) >= 11 is 0. The zero-order valence-electron chi connectivity index (χ0n) is 10.00. The fourth-order valence-electron chi connectivity index (χ4n) is 1.92. The van der Waals surface area contributed by atoms with Crippen molar-refractivity contribution >= 4 is 18.5 Å². The van der Waals surface area contributed by atoms with Gasteiger partial charge < -0.3 is 10.1 Å². The van der Waals surface area contributed by atoms with E-state index in [0.717, 1.165) is 6.07 Å². The minimum Gasteiger partial charge on any atom is -0.449 e. The van der Waals surface area contributed by atoms with Crippen LogP contribution in [0.4, 0.5) is 13.6 Å². The van der Waals surface area contributed by atoms with Crippen LogP contribution in [0, 0.1) is 17.0 Å². The van der Waals surface area contributed by atoms with E-state index in [0.29, 0.717) is 0 Å². The molecule has 1 atom stereocenters. The lowest BCUT2D eigenvalue weighted by molar-refractivity contribution is 0.0377. The van der Waals surface area contributed by atoms with Gasteiger partial charge in [0.15, 0.2) is 0 Å². The minimum atomic E-state index is -0.662. The molecule has 2 rings (SSSR count). The first-order valence-corrected chi connectivity index (χ1v) is 5.28. The molecule has 1 saturated heterocycles. The van der Waals surface area contributed by atoms with Crippen LogP contribution in [-0.2, 0) is 4.74 Å². The van der Waals surface area contributed by atoms with Crippen LogP contribution in [0.2, 0.25) is 0 Å². The summed E-state index contributed by atoms with van der Waals surface area (Å²) in [5.74, 6) is -1.30. The lowest BCUT2D eigenvalue weighted by Crippen LogP contribution is -2.47. The van der Waals surface area contributed by atoms with Gasteiger partial charge in [-0.15, -0.1) is 12.4 Å². The Morgan fingerprint density at radius 2 is 2.06 bits per heavy atom. The van der Waals surface area contributed by atoms with Crippen LogP contribution in [0.1, 0.15) is 25.5 Å². The largest absolute Gasteiger partial charge is 0.449 e. The van der Waals surface area contributed by atoms with Crippen molar-refractivity contribution in [2.75, 3.05) is 6.61 Å². The summed E-state index contributed by atoms with van der Waals surface area (Å²) < 4.78 is 31.4. The van der Waals surface area contributed by atoms with Gasteiger partial charge in [-0.3, -0.25) is 0 Å². The van der Waals surface area contributed by atoms with Gasteiger partial charge in [-0.1, -0.05) is 19.9 Å². The standard InChI is InChI=1S/C12H13F2NO2.ClH/c1-12(2)6-17-11(16)15-10(12)8-4-3-7(13)5-9(8)14;/h3-5,10H,6H2,1-2H3,(H,15,16);1H/t10-;/m0./s1. The highest BCUT2D eigenvalue weighted by atomic mass is 35.5. The molecule has 0 spiro atoms. The first-order chi connectivity index (χ1) is 7.90. The second kappa shape index (κ2) is 5.10. The number of amides is 1. The summed E-state index contributed by atoms with van der Waals surface area (Å²) in [7, 11) is 0. The van der Waals surface area contributed by atoms with E-state index in [1.54, 1.807) is 0 Å². The van der Waals surface area contributed by atoms with Crippen molar-refractivity contribution in [3.63, 3.8) is 0 Å². The summed E-state index contributed by atoms with van der Waals surface area (Å²) in [5, 5.41) is 2.56. The molecule has 0 aliphatic carbocycles. The Kier molecular flexibility index (Phi) is 4.16. The molecule has 1 heterocycles. The molecule has 0 aromatic heterocycles. The molecule has 1 aliphatic heterocycles. The van der Waals surface area contributed by atoms with E-state index < -0.39 is 29.2 Å². The van der Waals surface area contributed by atoms with Crippen molar-refractivity contribution in [3.8, 4) is 0 Å². The molecular formula is C12H14ClF2NO2. The van der Waals surface area contributed by atoms with Crippen molar-refractivity contribution < 1.29 is 18.3 Å². The van der Waals surface area contributed by atoms with E-state index in [1.807, 2.05) is 13.8 Å². The summed E-state index contributed by atoms with van der Waals surface area (Å²) in [6, 6.07) is 2.82. The zero-order valence-corrected chi connectivity index (χ0v) is 10.8. The molecule has 0 bridgehead atoms. The van der Waals surface area contributed by atoms with Gasteiger partial charge in [-0.25, -0.2) is 13.6 Å². The molecule has 0 radical (unpaired) electrons. The third kappa shape index (κ3) is 2.72. The number of nitrogens with one attached hydrogen (secondary N) is 1. The molecule has 0 unspecified atom stereocenters. The van der Waals surface area contributed by atoms with Crippen LogP contribution in [0.5, 0.6) is 0 Å². The SMILES string of the molecule is CC1(C)COC(=O)N[C@H]1c1ccc(F)cc1F.Cl. The average Bonchev–Trinajstić information content (AvgIpc) is 2.23. The van der Waals surface area contributed by atoms with Crippen LogP contribution >= 0.6 is 12.4 Å². The Hall–Kier alpha value is -1.36. The minimum absolute atomic E-state index is 0. The summed E-state index contributed by atoms with van der Waals surface area (Å²) in [4.78, 5) is 11.2. The van der Waals surface area contributed by atoms with E-state index in [4.69, 9.17) is 4.74 Å². The number of benzene rings is 1. The van der Waals surface area contributed by atoms with Crippen molar-refractivity contribution in [2.24, 2.45) is 5.41 Å². The van der Waals surface area contributed by atoms with Gasteiger partial charge in [0.05, 0.1) is 6.04 Å². The molecule has 1 fully saturated rings. The Morgan fingerprint density at radius 3 is 2.67 bits per heavy atom. The highest BCUT2D eigenvalue weighted by molar-refractivity contribution is 5.85. The van der Waals surface area contributed by atoms with Gasteiger partial charge in [0, 0.05) is 17.0 Å². The predicted octanol–water partition coefficient (Wildman–Crippen LogP) is 3.19. The maximum Gasteiger partial charge on any atom is 0.407 e. The van der Waals surface area contributed by atoms with E-state index in [9.17, 15) is 13.6 Å². The van der Waals surface area contributed by atoms with Crippen LogP contribution in [0.25, 0.3) is 0 Å². The number of rotatable bonds is 1. The van der Waals surface area contributed by atoms with Crippen molar-refractivity contribution in [3.05, 3.63) is 35.4 Å². The van der Waals surface area contributed by atoms with Gasteiger partial charge in [0.25, 0.3) is 0 Å². The molecule has 1 aliphatic rings. The summed E-state index contributed by atoms with van der Waals surface area (Å²) in [6.45, 7) is 3.89. The molecule has 6 heteroatoms. The van der Waals surface area contributed by atoms with Gasteiger partial charge in [-0.2, -0.15) is 0 Å². The Labute approximate surface area is 110 Å². The Morgan fingerprint density at radius 1 is 1.39 bits per heavy atom. The van der Waals surface area contributed by atoms with E-state index in [-0.39, 0.29) is 24.6 Å². The molecule has 3 nitrogen and oxygen atoms in total. The molecule has 0 saturated carbocycles. The number of carbonyl (C=O) groups excluding carboxylic acids is 1. The maximum absolute atomic E-state index is 13.7. The summed E-state index contributed by atoms with van der Waals surface area (Å²) in [5.41, 5.74) is -0.180. The molecular weight excluding hydrogens is 264 g/mol. The molecule has 1 aromatic carbocycles. The number of hydrogen-bond acceptors (Lipinski definition) is 2. The monoisotopic (exact) mass is 277 g/mol. The smallest absolute Gasteiger partial charge is 0.407 e. The fourth-order valence-corrected chi connectivity index (χ4v) is 1.92. The number of ether oxygens (including phenoxy) is 1. The quantitative estimate of drug-likeness (QED) is 0.856. The third-order valence-corrected chi connectivity index (χ3v) is 2.89. The van der Waals surface area contributed by atoms with Crippen LogP contribution < -0.4 is 5.32 Å². The fraction of sp³-hybridized carbons (Fsp3) is 0.417. The summed E-state index contributed by atoms with van der Waals surface area (Å²) in [6.07, 6.45) is -0.585. The van der Waals surface area contributed by atoms with E-state index >= 15 is 0 Å². The molecule has 1 aromatic rings. The Balaban J connectivity index is 0.00000162. The first-order valence-electron chi connectivity index (χ1n) is 5.28. The normalized spacial score (nSPS) is 21.6. The highest BCUT2D eigenvalue weighted by Gasteiger charge is 2.39. The van der Waals surface area contributed by atoms with Gasteiger partial charge >= 0.3 is 6.09 Å². The number of alkyl carbamates (subject to hydrolysis) is 1. The second-order valence-corrected chi connectivity index (χ2v) is 4.81. The highest BCUT2D eigenvalue weighted by Crippen LogP contribution is 2.37. The number of halogens is 3. The third-order valence-electron chi connectivity index (χ3n) is 2.89. The van der Waals surface area contributed by atoms with Crippen LogP contribution in [-0.4, -0.2) is 12.7 Å². The van der Waals surface area contributed by atoms with Crippen molar-refractivity contribution in [1.82, 2.24) is 5.32 Å². The van der Waals surface area contributed by atoms with Crippen molar-refractivity contribution in [2.45, 2.75) is 19.9 Å². The molecule has 1 amide bonds. The average molecular weight is 278 g/mol. The topological polar surface area (TPSA) is 38.3 Å². The molecule has 100 valence electrons. The van der Waals surface area contributed by atoms with Crippen LogP contribution in [0.15, 0.2) is 18.2 Å². The lowest BCUT2D eigenvalue weighted by Gasteiger charge is -2.38. The van der Waals surface area contributed by atoms with Gasteiger partial charge in [0.2, 0.25) is 0 Å².